The molecule has 0 aliphatic carbocycles. The lowest BCUT2D eigenvalue weighted by molar-refractivity contribution is -0.123. The molecular weight excluding hydrogens is 318 g/mol. The maximum absolute atomic E-state index is 11.3. The number of halogens is 1. The Hall–Kier alpha value is -1.86. The number of anilines is 1. The highest BCUT2D eigenvalue weighted by Crippen LogP contribution is 2.20. The summed E-state index contributed by atoms with van der Waals surface area (Å²) in [5, 5.41) is 3.51. The van der Waals surface area contributed by atoms with E-state index in [1.54, 1.807) is 0 Å². The number of rotatable bonds is 7. The van der Waals surface area contributed by atoms with Crippen LogP contribution in [0.15, 0.2) is 12.3 Å². The van der Waals surface area contributed by atoms with Crippen molar-refractivity contribution in [1.82, 2.24) is 9.88 Å². The van der Waals surface area contributed by atoms with E-state index < -0.39 is 5.91 Å². The van der Waals surface area contributed by atoms with E-state index in [9.17, 15) is 9.59 Å². The van der Waals surface area contributed by atoms with E-state index in [2.05, 4.69) is 15.2 Å². The Balaban J connectivity index is 1.75. The number of hydrogen-bond acceptors (Lipinski definition) is 5. The van der Waals surface area contributed by atoms with Crippen molar-refractivity contribution in [3.63, 3.8) is 0 Å². The van der Waals surface area contributed by atoms with Gasteiger partial charge in [0.25, 0.3) is 0 Å². The SMILES string of the molecule is NC(=O)c1cnc(NCCCN2CCCC(C(N)=O)C2)c(Cl)c1. The average molecular weight is 340 g/mol. The molecule has 2 rings (SSSR count). The van der Waals surface area contributed by atoms with E-state index in [1.165, 1.54) is 12.3 Å². The molecule has 1 aliphatic rings. The normalized spacial score (nSPS) is 18.6. The van der Waals surface area contributed by atoms with Crippen LogP contribution in [0.4, 0.5) is 5.82 Å². The van der Waals surface area contributed by atoms with Crippen molar-refractivity contribution in [1.29, 1.82) is 0 Å². The Kier molecular flexibility index (Phi) is 6.18. The third kappa shape index (κ3) is 5.07. The fraction of sp³-hybridized carbons (Fsp3) is 0.533. The molecule has 2 amide bonds. The lowest BCUT2D eigenvalue weighted by Gasteiger charge is -2.31. The first-order chi connectivity index (χ1) is 11.0. The largest absolute Gasteiger partial charge is 0.369 e. The Labute approximate surface area is 140 Å². The molecule has 1 saturated heterocycles. The van der Waals surface area contributed by atoms with Crippen molar-refractivity contribution in [2.45, 2.75) is 19.3 Å². The number of hydrogen-bond donors (Lipinski definition) is 3. The van der Waals surface area contributed by atoms with Gasteiger partial charge >= 0.3 is 0 Å². The second-order valence-electron chi connectivity index (χ2n) is 5.74. The molecule has 0 aromatic carbocycles. The molecule has 8 heteroatoms. The van der Waals surface area contributed by atoms with E-state index in [-0.39, 0.29) is 17.4 Å². The number of amides is 2. The third-order valence-corrected chi connectivity index (χ3v) is 4.27. The minimum atomic E-state index is -0.556. The Morgan fingerprint density at radius 3 is 2.87 bits per heavy atom. The van der Waals surface area contributed by atoms with Gasteiger partial charge in [0.15, 0.2) is 0 Å². The number of nitrogens with two attached hydrogens (primary N) is 2. The van der Waals surface area contributed by atoms with Crippen LogP contribution < -0.4 is 16.8 Å². The molecule has 1 aromatic rings. The zero-order valence-corrected chi connectivity index (χ0v) is 13.7. The second kappa shape index (κ2) is 8.12. The van der Waals surface area contributed by atoms with Gasteiger partial charge in [0, 0.05) is 19.3 Å². The molecule has 1 fully saturated rings. The molecule has 2 heterocycles. The molecule has 1 atom stereocenters. The monoisotopic (exact) mass is 339 g/mol. The van der Waals surface area contributed by atoms with Crippen molar-refractivity contribution < 1.29 is 9.59 Å². The molecule has 23 heavy (non-hydrogen) atoms. The van der Waals surface area contributed by atoms with Crippen LogP contribution in [0.25, 0.3) is 0 Å². The zero-order chi connectivity index (χ0) is 16.8. The van der Waals surface area contributed by atoms with Crippen LogP contribution in [0.2, 0.25) is 5.02 Å². The summed E-state index contributed by atoms with van der Waals surface area (Å²) in [7, 11) is 0. The van der Waals surface area contributed by atoms with Crippen molar-refractivity contribution in [2.75, 3.05) is 31.5 Å². The molecule has 0 radical (unpaired) electrons. The number of nitrogens with one attached hydrogen (secondary N) is 1. The summed E-state index contributed by atoms with van der Waals surface area (Å²) in [6, 6.07) is 1.50. The summed E-state index contributed by atoms with van der Waals surface area (Å²) < 4.78 is 0. The number of nitrogens with zero attached hydrogens (tertiary/aromatic N) is 2. The number of piperidine rings is 1. The first kappa shape index (κ1) is 17.5. The van der Waals surface area contributed by atoms with Gasteiger partial charge in [-0.2, -0.15) is 0 Å². The van der Waals surface area contributed by atoms with E-state index >= 15 is 0 Å². The first-order valence-corrected chi connectivity index (χ1v) is 8.06. The molecular formula is C15H22ClN5O2. The molecule has 5 N–H and O–H groups in total. The molecule has 0 saturated carbocycles. The molecule has 126 valence electrons. The molecule has 1 aromatic heterocycles. The van der Waals surface area contributed by atoms with Gasteiger partial charge in [0.2, 0.25) is 11.8 Å². The summed E-state index contributed by atoms with van der Waals surface area (Å²) in [6.07, 6.45) is 4.18. The van der Waals surface area contributed by atoms with Crippen LogP contribution in [0.1, 0.15) is 29.6 Å². The van der Waals surface area contributed by atoms with Gasteiger partial charge in [0.05, 0.1) is 16.5 Å². The van der Waals surface area contributed by atoms with Crippen molar-refractivity contribution >= 4 is 29.2 Å². The first-order valence-electron chi connectivity index (χ1n) is 7.68. The third-order valence-electron chi connectivity index (χ3n) is 3.98. The average Bonchev–Trinajstić information content (AvgIpc) is 2.52. The molecule has 0 bridgehead atoms. The van der Waals surface area contributed by atoms with E-state index in [0.29, 0.717) is 17.4 Å². The maximum Gasteiger partial charge on any atom is 0.250 e. The highest BCUT2D eigenvalue weighted by atomic mass is 35.5. The van der Waals surface area contributed by atoms with Crippen LogP contribution in [0.5, 0.6) is 0 Å². The van der Waals surface area contributed by atoms with Gasteiger partial charge in [-0.1, -0.05) is 11.6 Å². The van der Waals surface area contributed by atoms with Crippen molar-refractivity contribution in [2.24, 2.45) is 17.4 Å². The lowest BCUT2D eigenvalue weighted by Crippen LogP contribution is -2.41. The number of carbonyl (C=O) groups excluding carboxylic acids is 2. The molecule has 7 nitrogen and oxygen atoms in total. The minimum absolute atomic E-state index is 0.0332. The lowest BCUT2D eigenvalue weighted by atomic mass is 9.97. The van der Waals surface area contributed by atoms with Crippen molar-refractivity contribution in [3.05, 3.63) is 22.8 Å². The number of primary amides is 2. The fourth-order valence-electron chi connectivity index (χ4n) is 2.70. The highest BCUT2D eigenvalue weighted by Gasteiger charge is 2.23. The minimum Gasteiger partial charge on any atom is -0.369 e. The predicted molar refractivity (Wildman–Crippen MR) is 89.2 cm³/mol. The van der Waals surface area contributed by atoms with Crippen LogP contribution in [0.3, 0.4) is 0 Å². The zero-order valence-electron chi connectivity index (χ0n) is 12.9. The van der Waals surface area contributed by atoms with Gasteiger partial charge < -0.3 is 21.7 Å². The van der Waals surface area contributed by atoms with Gasteiger partial charge in [-0.3, -0.25) is 9.59 Å². The topological polar surface area (TPSA) is 114 Å². The Bertz CT molecular complexity index is 581. The van der Waals surface area contributed by atoms with Crippen LogP contribution in [0, 0.1) is 5.92 Å². The number of aromatic nitrogens is 1. The highest BCUT2D eigenvalue weighted by molar-refractivity contribution is 6.33. The van der Waals surface area contributed by atoms with Crippen LogP contribution >= 0.6 is 11.6 Å². The summed E-state index contributed by atoms with van der Waals surface area (Å²) >= 11 is 6.06. The van der Waals surface area contributed by atoms with Gasteiger partial charge in [-0.15, -0.1) is 0 Å². The van der Waals surface area contributed by atoms with E-state index in [0.717, 1.165) is 38.9 Å². The quantitative estimate of drug-likeness (QED) is 0.637. The van der Waals surface area contributed by atoms with Gasteiger partial charge in [-0.25, -0.2) is 4.98 Å². The molecule has 1 aliphatic heterocycles. The van der Waals surface area contributed by atoms with Crippen LogP contribution in [-0.2, 0) is 4.79 Å². The summed E-state index contributed by atoms with van der Waals surface area (Å²) in [6.45, 7) is 3.31. The van der Waals surface area contributed by atoms with Gasteiger partial charge in [-0.05, 0) is 38.4 Å². The Morgan fingerprint density at radius 2 is 2.22 bits per heavy atom. The van der Waals surface area contributed by atoms with E-state index in [4.69, 9.17) is 23.1 Å². The summed E-state index contributed by atoms with van der Waals surface area (Å²) in [4.78, 5) is 28.7. The van der Waals surface area contributed by atoms with Crippen molar-refractivity contribution in [3.8, 4) is 0 Å². The molecule has 0 spiro atoms. The number of carbonyl (C=O) groups is 2. The Morgan fingerprint density at radius 1 is 1.43 bits per heavy atom. The van der Waals surface area contributed by atoms with Gasteiger partial charge in [0.1, 0.15) is 5.82 Å². The standard InChI is InChI=1S/C15H22ClN5O2/c16-12-7-11(14(18)23)8-20-15(12)19-4-2-6-21-5-1-3-10(9-21)13(17)22/h7-8,10H,1-6,9H2,(H2,17,22)(H2,18,23)(H,19,20). The number of pyridine rings is 1. The molecule has 1 unspecified atom stereocenters. The predicted octanol–water partition coefficient (Wildman–Crippen LogP) is 0.833. The second-order valence-corrected chi connectivity index (χ2v) is 6.15. The van der Waals surface area contributed by atoms with Crippen LogP contribution in [-0.4, -0.2) is 47.9 Å². The van der Waals surface area contributed by atoms with E-state index in [1.807, 2.05) is 0 Å². The summed E-state index contributed by atoms with van der Waals surface area (Å²) in [5.74, 6) is -0.266. The summed E-state index contributed by atoms with van der Waals surface area (Å²) in [5.41, 5.74) is 10.8. The maximum atomic E-state index is 11.3. The fourth-order valence-corrected chi connectivity index (χ4v) is 2.94. The number of likely N-dealkylation sites (tertiary alicyclic amines) is 1. The smallest absolute Gasteiger partial charge is 0.250 e.